The van der Waals surface area contributed by atoms with E-state index in [0.717, 1.165) is 18.4 Å². The number of amides is 1. The van der Waals surface area contributed by atoms with Crippen molar-refractivity contribution in [2.75, 3.05) is 6.54 Å². The van der Waals surface area contributed by atoms with Crippen LogP contribution in [0.2, 0.25) is 5.02 Å². The highest BCUT2D eigenvalue weighted by Gasteiger charge is 2.16. The van der Waals surface area contributed by atoms with Gasteiger partial charge in [0.1, 0.15) is 23.7 Å². The number of carbonyl (C=O) groups is 1. The molecule has 1 atom stereocenters. The predicted molar refractivity (Wildman–Crippen MR) is 83.9 cm³/mol. The maximum Gasteiger partial charge on any atom is 0.260 e. The third kappa shape index (κ3) is 4.66. The summed E-state index contributed by atoms with van der Waals surface area (Å²) in [5.41, 5.74) is 0. The number of aromatic nitrogens is 3. The van der Waals surface area contributed by atoms with E-state index in [4.69, 9.17) is 16.3 Å². The Kier molecular flexibility index (Phi) is 5.92. The highest BCUT2D eigenvalue weighted by Crippen LogP contribution is 2.25. The van der Waals surface area contributed by atoms with E-state index in [1.54, 1.807) is 13.3 Å². The van der Waals surface area contributed by atoms with Gasteiger partial charge in [0.05, 0.1) is 5.02 Å². The van der Waals surface area contributed by atoms with Gasteiger partial charge < -0.3 is 14.6 Å². The molecule has 6 nitrogen and oxygen atoms in total. The van der Waals surface area contributed by atoms with E-state index >= 15 is 0 Å². The molecule has 0 saturated heterocycles. The van der Waals surface area contributed by atoms with Crippen molar-refractivity contribution in [2.45, 2.75) is 32.9 Å². The number of nitrogens with zero attached hydrogens (tertiary/aromatic N) is 3. The lowest BCUT2D eigenvalue weighted by Gasteiger charge is -2.15. The number of ether oxygens (including phenoxy) is 1. The van der Waals surface area contributed by atoms with Crippen molar-refractivity contribution in [1.82, 2.24) is 20.1 Å². The van der Waals surface area contributed by atoms with Crippen LogP contribution < -0.4 is 10.1 Å². The molecule has 1 heterocycles. The van der Waals surface area contributed by atoms with Crippen molar-refractivity contribution >= 4 is 17.5 Å². The quantitative estimate of drug-likeness (QED) is 0.839. The molecule has 1 N–H and O–H groups in total. The summed E-state index contributed by atoms with van der Waals surface area (Å²) in [5, 5.41) is 10.7. The number of aryl methyl sites for hydroxylation is 1. The van der Waals surface area contributed by atoms with Crippen molar-refractivity contribution in [3.63, 3.8) is 0 Å². The third-order valence-electron chi connectivity index (χ3n) is 3.25. The van der Waals surface area contributed by atoms with Gasteiger partial charge in [-0.2, -0.15) is 0 Å². The first-order valence-electron chi connectivity index (χ1n) is 7.27. The summed E-state index contributed by atoms with van der Waals surface area (Å²) in [6.45, 7) is 4.79. The Balaban J connectivity index is 1.83. The highest BCUT2D eigenvalue weighted by molar-refractivity contribution is 6.32. The van der Waals surface area contributed by atoms with Gasteiger partial charge in [-0.3, -0.25) is 4.79 Å². The Morgan fingerprint density at radius 3 is 3.00 bits per heavy atom. The SMILES string of the molecule is CCn1cnnc1CCNC(=O)[C@@H](C)Oc1ccc(F)cc1Cl. The maximum absolute atomic E-state index is 13.0. The molecule has 2 aromatic rings. The normalized spacial score (nSPS) is 12.0. The van der Waals surface area contributed by atoms with Crippen molar-refractivity contribution < 1.29 is 13.9 Å². The summed E-state index contributed by atoms with van der Waals surface area (Å²) < 4.78 is 20.3. The standard InChI is InChI=1S/C15H18ClFN4O2/c1-3-21-9-19-20-14(21)6-7-18-15(22)10(2)23-13-5-4-11(17)8-12(13)16/h4-5,8-10H,3,6-7H2,1-2H3,(H,18,22)/t10-/m1/s1. The molecule has 1 amide bonds. The third-order valence-corrected chi connectivity index (χ3v) is 3.55. The fourth-order valence-electron chi connectivity index (χ4n) is 1.99. The van der Waals surface area contributed by atoms with Gasteiger partial charge in [-0.15, -0.1) is 10.2 Å². The van der Waals surface area contributed by atoms with Gasteiger partial charge >= 0.3 is 0 Å². The number of hydrogen-bond acceptors (Lipinski definition) is 4. The Morgan fingerprint density at radius 2 is 2.30 bits per heavy atom. The number of benzene rings is 1. The first-order valence-corrected chi connectivity index (χ1v) is 7.65. The molecule has 0 aliphatic heterocycles. The molecule has 0 radical (unpaired) electrons. The minimum atomic E-state index is -0.748. The van der Waals surface area contributed by atoms with Crippen LogP contribution in [-0.4, -0.2) is 33.3 Å². The summed E-state index contributed by atoms with van der Waals surface area (Å²) in [7, 11) is 0. The molecule has 0 spiro atoms. The molecule has 1 aromatic heterocycles. The lowest BCUT2D eigenvalue weighted by atomic mass is 10.3. The van der Waals surface area contributed by atoms with E-state index in [2.05, 4.69) is 15.5 Å². The molecule has 1 aromatic carbocycles. The van der Waals surface area contributed by atoms with Gasteiger partial charge in [0.15, 0.2) is 6.10 Å². The minimum Gasteiger partial charge on any atom is -0.479 e. The Morgan fingerprint density at radius 1 is 1.52 bits per heavy atom. The first kappa shape index (κ1) is 17.2. The van der Waals surface area contributed by atoms with Crippen LogP contribution in [0.3, 0.4) is 0 Å². The molecular formula is C15H18ClFN4O2. The van der Waals surface area contributed by atoms with Crippen LogP contribution >= 0.6 is 11.6 Å². The predicted octanol–water partition coefficient (Wildman–Crippen LogP) is 2.22. The van der Waals surface area contributed by atoms with Crippen LogP contribution in [0.25, 0.3) is 0 Å². The molecule has 8 heteroatoms. The van der Waals surface area contributed by atoms with Crippen molar-refractivity contribution in [3.05, 3.63) is 41.2 Å². The molecule has 0 aliphatic rings. The zero-order chi connectivity index (χ0) is 16.8. The fraction of sp³-hybridized carbons (Fsp3) is 0.400. The number of carbonyl (C=O) groups excluding carboxylic acids is 1. The van der Waals surface area contributed by atoms with E-state index in [1.807, 2.05) is 11.5 Å². The molecule has 2 rings (SSSR count). The van der Waals surface area contributed by atoms with Gasteiger partial charge in [-0.25, -0.2) is 4.39 Å². The van der Waals surface area contributed by atoms with E-state index < -0.39 is 11.9 Å². The van der Waals surface area contributed by atoms with Crippen molar-refractivity contribution in [3.8, 4) is 5.75 Å². The molecular weight excluding hydrogens is 323 g/mol. The second kappa shape index (κ2) is 7.92. The van der Waals surface area contributed by atoms with E-state index in [-0.39, 0.29) is 16.7 Å². The number of rotatable bonds is 7. The summed E-state index contributed by atoms with van der Waals surface area (Å²) >= 11 is 5.87. The van der Waals surface area contributed by atoms with E-state index in [0.29, 0.717) is 13.0 Å². The highest BCUT2D eigenvalue weighted by atomic mass is 35.5. The number of hydrogen-bond donors (Lipinski definition) is 1. The number of halogens is 2. The molecule has 23 heavy (non-hydrogen) atoms. The molecule has 0 bridgehead atoms. The molecule has 0 saturated carbocycles. The van der Waals surface area contributed by atoms with Gasteiger partial charge in [0.25, 0.3) is 5.91 Å². The van der Waals surface area contributed by atoms with Crippen LogP contribution in [0.15, 0.2) is 24.5 Å². The first-order chi connectivity index (χ1) is 11.0. The monoisotopic (exact) mass is 340 g/mol. The second-order valence-electron chi connectivity index (χ2n) is 4.91. The topological polar surface area (TPSA) is 69.0 Å². The zero-order valence-electron chi connectivity index (χ0n) is 12.9. The Bertz CT molecular complexity index is 677. The van der Waals surface area contributed by atoms with Crippen LogP contribution in [0.1, 0.15) is 19.7 Å². The fourth-order valence-corrected chi connectivity index (χ4v) is 2.20. The van der Waals surface area contributed by atoms with Gasteiger partial charge in [-0.05, 0) is 32.0 Å². The molecule has 124 valence electrons. The molecule has 0 aliphatic carbocycles. The van der Waals surface area contributed by atoms with Crippen molar-refractivity contribution in [1.29, 1.82) is 0 Å². The van der Waals surface area contributed by atoms with Crippen LogP contribution in [0.5, 0.6) is 5.75 Å². The average molecular weight is 341 g/mol. The van der Waals surface area contributed by atoms with E-state index in [1.165, 1.54) is 12.1 Å². The van der Waals surface area contributed by atoms with Gasteiger partial charge in [-0.1, -0.05) is 11.6 Å². The molecule has 0 unspecified atom stereocenters. The Labute approximate surface area is 138 Å². The summed E-state index contributed by atoms with van der Waals surface area (Å²) in [5.74, 6) is 0.330. The van der Waals surface area contributed by atoms with Crippen molar-refractivity contribution in [2.24, 2.45) is 0 Å². The lowest BCUT2D eigenvalue weighted by Crippen LogP contribution is -2.37. The average Bonchev–Trinajstić information content (AvgIpc) is 2.97. The minimum absolute atomic E-state index is 0.126. The van der Waals surface area contributed by atoms with E-state index in [9.17, 15) is 9.18 Å². The lowest BCUT2D eigenvalue weighted by molar-refractivity contribution is -0.127. The Hall–Kier alpha value is -2.15. The molecule has 0 fully saturated rings. The number of nitrogens with one attached hydrogen (secondary N) is 1. The van der Waals surface area contributed by atoms with Crippen LogP contribution in [-0.2, 0) is 17.8 Å². The maximum atomic E-state index is 13.0. The second-order valence-corrected chi connectivity index (χ2v) is 5.32. The van der Waals surface area contributed by atoms with Gasteiger partial charge in [0.2, 0.25) is 0 Å². The summed E-state index contributed by atoms with van der Waals surface area (Å²) in [6, 6.07) is 3.76. The summed E-state index contributed by atoms with van der Waals surface area (Å²) in [6.07, 6.45) is 1.48. The zero-order valence-corrected chi connectivity index (χ0v) is 13.7. The smallest absolute Gasteiger partial charge is 0.260 e. The summed E-state index contributed by atoms with van der Waals surface area (Å²) in [4.78, 5) is 12.0. The van der Waals surface area contributed by atoms with Crippen LogP contribution in [0, 0.1) is 5.82 Å². The van der Waals surface area contributed by atoms with Crippen LogP contribution in [0.4, 0.5) is 4.39 Å². The largest absolute Gasteiger partial charge is 0.479 e. The van der Waals surface area contributed by atoms with Gasteiger partial charge in [0, 0.05) is 19.5 Å².